The number of thiocarbonyl (C=S) groups is 2. The van der Waals surface area contributed by atoms with Gasteiger partial charge in [0.15, 0.2) is 10.2 Å². The Morgan fingerprint density at radius 2 is 1.68 bits per heavy atom. The number of alkyl carbamates (subject to hydrolysis) is 1. The second-order valence-electron chi connectivity index (χ2n) is 4.23. The van der Waals surface area contributed by atoms with E-state index in [1.54, 1.807) is 6.92 Å². The first kappa shape index (κ1) is 18.1. The number of hydrogen-bond acceptors (Lipinski definition) is 4. The average Bonchev–Trinajstić information content (AvgIpc) is 2.47. The Balaban J connectivity index is 2.65. The molecule has 6 nitrogen and oxygen atoms in total. The van der Waals surface area contributed by atoms with E-state index in [-0.39, 0.29) is 11.7 Å². The molecular formula is C14H20N4O2S2. The molecule has 1 aromatic rings. The lowest BCUT2D eigenvalue weighted by Gasteiger charge is -2.15. The molecule has 0 saturated carbocycles. The van der Waals surface area contributed by atoms with E-state index in [4.69, 9.17) is 29.2 Å². The lowest BCUT2D eigenvalue weighted by molar-refractivity contribution is 0.158. The molecule has 0 fully saturated rings. The molecule has 1 rings (SSSR count). The summed E-state index contributed by atoms with van der Waals surface area (Å²) in [5.74, 6) is 0. The van der Waals surface area contributed by atoms with E-state index < -0.39 is 6.09 Å². The number of hydrogen-bond donors (Lipinski definition) is 4. The van der Waals surface area contributed by atoms with Gasteiger partial charge in [0.1, 0.15) is 0 Å². The largest absolute Gasteiger partial charge is 0.450 e. The van der Waals surface area contributed by atoms with E-state index in [9.17, 15) is 4.79 Å². The lowest BCUT2D eigenvalue weighted by Crippen LogP contribution is -2.35. The van der Waals surface area contributed by atoms with E-state index in [1.165, 1.54) is 0 Å². The van der Waals surface area contributed by atoms with Crippen LogP contribution in [0.5, 0.6) is 0 Å². The Kier molecular flexibility index (Phi) is 8.16. The van der Waals surface area contributed by atoms with Crippen molar-refractivity contribution in [2.45, 2.75) is 20.3 Å². The molecule has 0 saturated heterocycles. The molecule has 22 heavy (non-hydrogen) atoms. The first-order chi connectivity index (χ1) is 10.6. The summed E-state index contributed by atoms with van der Waals surface area (Å²) in [5, 5.41) is 12.2. The molecule has 0 atom stereocenters. The van der Waals surface area contributed by atoms with Crippen molar-refractivity contribution in [3.05, 3.63) is 24.3 Å². The number of anilines is 2. The van der Waals surface area contributed by atoms with Crippen molar-refractivity contribution in [1.82, 2.24) is 10.6 Å². The fraction of sp³-hybridized carbons (Fsp3) is 0.357. The van der Waals surface area contributed by atoms with Crippen LogP contribution in [0.15, 0.2) is 24.3 Å². The third-order valence-corrected chi connectivity index (χ3v) is 2.90. The maximum atomic E-state index is 11.3. The Bertz CT molecular complexity index is 537. The predicted octanol–water partition coefficient (Wildman–Crippen LogP) is 2.83. The number of rotatable bonds is 5. The highest BCUT2D eigenvalue weighted by molar-refractivity contribution is 7.80. The molecular weight excluding hydrogens is 320 g/mol. The molecule has 0 aliphatic rings. The molecule has 1 aromatic carbocycles. The highest BCUT2D eigenvalue weighted by atomic mass is 32.1. The van der Waals surface area contributed by atoms with Crippen LogP contribution in [0, 0.1) is 0 Å². The second-order valence-corrected chi connectivity index (χ2v) is 5.04. The Morgan fingerprint density at radius 1 is 1.09 bits per heavy atom. The molecule has 8 heteroatoms. The van der Waals surface area contributed by atoms with Gasteiger partial charge in [-0.1, -0.05) is 19.1 Å². The SMILES string of the molecule is CCCNC(=S)Nc1ccccc1NC(=S)NC(=O)OCC. The number of ether oxygens (including phenoxy) is 1. The molecule has 4 N–H and O–H groups in total. The van der Waals surface area contributed by atoms with Crippen LogP contribution < -0.4 is 21.3 Å². The zero-order chi connectivity index (χ0) is 16.4. The van der Waals surface area contributed by atoms with Crippen LogP contribution in [0.2, 0.25) is 0 Å². The number of benzene rings is 1. The van der Waals surface area contributed by atoms with Gasteiger partial charge in [-0.2, -0.15) is 0 Å². The van der Waals surface area contributed by atoms with E-state index in [0.29, 0.717) is 10.8 Å². The summed E-state index contributed by atoms with van der Waals surface area (Å²) in [5.41, 5.74) is 1.45. The van der Waals surface area contributed by atoms with Crippen LogP contribution in [0.1, 0.15) is 20.3 Å². The Labute approximate surface area is 141 Å². The highest BCUT2D eigenvalue weighted by Gasteiger charge is 2.08. The summed E-state index contributed by atoms with van der Waals surface area (Å²) in [4.78, 5) is 11.3. The predicted molar refractivity (Wildman–Crippen MR) is 97.3 cm³/mol. The van der Waals surface area contributed by atoms with Gasteiger partial charge in [-0.15, -0.1) is 0 Å². The number of carbonyl (C=O) groups excluding carboxylic acids is 1. The normalized spacial score (nSPS) is 9.55. The van der Waals surface area contributed by atoms with E-state index >= 15 is 0 Å². The van der Waals surface area contributed by atoms with Gasteiger partial charge in [0.2, 0.25) is 0 Å². The number of para-hydroxylation sites is 2. The third kappa shape index (κ3) is 6.68. The van der Waals surface area contributed by atoms with Crippen molar-refractivity contribution in [2.75, 3.05) is 23.8 Å². The minimum absolute atomic E-state index is 0.153. The minimum atomic E-state index is -0.592. The van der Waals surface area contributed by atoms with Gasteiger partial charge in [0, 0.05) is 6.54 Å². The molecule has 0 heterocycles. The third-order valence-electron chi connectivity index (χ3n) is 2.45. The zero-order valence-corrected chi connectivity index (χ0v) is 14.2. The van der Waals surface area contributed by atoms with Gasteiger partial charge in [0.25, 0.3) is 0 Å². The number of amides is 1. The van der Waals surface area contributed by atoms with E-state index in [1.807, 2.05) is 24.3 Å². The van der Waals surface area contributed by atoms with Crippen molar-refractivity contribution in [3.8, 4) is 0 Å². The van der Waals surface area contributed by atoms with Crippen LogP contribution >= 0.6 is 24.4 Å². The van der Waals surface area contributed by atoms with Crippen LogP contribution in [-0.2, 0) is 4.74 Å². The summed E-state index contributed by atoms with van der Waals surface area (Å²) in [6.07, 6.45) is 0.389. The smallest absolute Gasteiger partial charge is 0.413 e. The summed E-state index contributed by atoms with van der Waals surface area (Å²) in [7, 11) is 0. The quantitative estimate of drug-likeness (QED) is 0.614. The molecule has 1 amide bonds. The fourth-order valence-corrected chi connectivity index (χ4v) is 1.92. The van der Waals surface area contributed by atoms with Gasteiger partial charge >= 0.3 is 6.09 Å². The van der Waals surface area contributed by atoms with Crippen molar-refractivity contribution in [1.29, 1.82) is 0 Å². The Hall–Kier alpha value is -1.93. The van der Waals surface area contributed by atoms with Crippen LogP contribution in [0.25, 0.3) is 0 Å². The molecule has 0 aliphatic heterocycles. The van der Waals surface area contributed by atoms with Gasteiger partial charge in [-0.05, 0) is 49.9 Å². The molecule has 120 valence electrons. The van der Waals surface area contributed by atoms with Gasteiger partial charge in [-0.3, -0.25) is 5.32 Å². The highest BCUT2D eigenvalue weighted by Crippen LogP contribution is 2.20. The monoisotopic (exact) mass is 340 g/mol. The van der Waals surface area contributed by atoms with Crippen LogP contribution in [0.4, 0.5) is 16.2 Å². The summed E-state index contributed by atoms with van der Waals surface area (Å²) in [6.45, 7) is 4.86. The first-order valence-corrected chi connectivity index (χ1v) is 7.77. The summed E-state index contributed by atoms with van der Waals surface area (Å²) >= 11 is 10.3. The maximum Gasteiger partial charge on any atom is 0.413 e. The second kappa shape index (κ2) is 9.91. The first-order valence-electron chi connectivity index (χ1n) is 6.95. The lowest BCUT2D eigenvalue weighted by atomic mass is 10.2. The van der Waals surface area contributed by atoms with Crippen LogP contribution in [0.3, 0.4) is 0 Å². The van der Waals surface area contributed by atoms with Gasteiger partial charge < -0.3 is 20.7 Å². The number of nitrogens with one attached hydrogen (secondary N) is 4. The Morgan fingerprint density at radius 3 is 2.23 bits per heavy atom. The maximum absolute atomic E-state index is 11.3. The standard InChI is InChI=1S/C14H20N4O2S2/c1-3-9-15-12(21)16-10-7-5-6-8-11(10)17-13(22)18-14(19)20-4-2/h5-8H,3-4,9H2,1-2H3,(H2,15,16,21)(H2,17,18,19,22). The molecule has 0 bridgehead atoms. The number of carbonyl (C=O) groups is 1. The molecule has 0 radical (unpaired) electrons. The molecule has 0 aliphatic carbocycles. The molecule has 0 spiro atoms. The summed E-state index contributed by atoms with van der Waals surface area (Å²) < 4.78 is 4.77. The van der Waals surface area contributed by atoms with Crippen molar-refractivity contribution < 1.29 is 9.53 Å². The van der Waals surface area contributed by atoms with Crippen molar-refractivity contribution in [2.24, 2.45) is 0 Å². The van der Waals surface area contributed by atoms with Crippen LogP contribution in [-0.4, -0.2) is 29.5 Å². The van der Waals surface area contributed by atoms with Crippen molar-refractivity contribution in [3.63, 3.8) is 0 Å². The zero-order valence-electron chi connectivity index (χ0n) is 12.6. The average molecular weight is 340 g/mol. The van der Waals surface area contributed by atoms with E-state index in [2.05, 4.69) is 28.2 Å². The molecule has 0 unspecified atom stereocenters. The molecule has 0 aromatic heterocycles. The minimum Gasteiger partial charge on any atom is -0.450 e. The van der Waals surface area contributed by atoms with Gasteiger partial charge in [0.05, 0.1) is 18.0 Å². The summed E-state index contributed by atoms with van der Waals surface area (Å²) in [6, 6.07) is 7.40. The van der Waals surface area contributed by atoms with Crippen molar-refractivity contribution >= 4 is 52.1 Å². The topological polar surface area (TPSA) is 74.4 Å². The fourth-order valence-electron chi connectivity index (χ4n) is 1.52. The van der Waals surface area contributed by atoms with Gasteiger partial charge in [-0.25, -0.2) is 4.79 Å². The van der Waals surface area contributed by atoms with E-state index in [0.717, 1.165) is 18.7 Å².